The Balaban J connectivity index is 1.73. The van der Waals surface area contributed by atoms with Crippen LogP contribution >= 0.6 is 0 Å². The fourth-order valence-electron chi connectivity index (χ4n) is 1.91. The van der Waals surface area contributed by atoms with E-state index in [1.807, 2.05) is 0 Å². The third-order valence-electron chi connectivity index (χ3n) is 3.17. The molecular weight excluding hydrogens is 340 g/mol. The molecular formula is C15H20O10. The van der Waals surface area contributed by atoms with Crippen LogP contribution in [0.25, 0.3) is 0 Å². The van der Waals surface area contributed by atoms with Crippen molar-refractivity contribution in [2.75, 3.05) is 39.6 Å². The van der Waals surface area contributed by atoms with Crippen LogP contribution in [0.4, 0.5) is 9.59 Å². The van der Waals surface area contributed by atoms with Crippen LogP contribution in [0.5, 0.6) is 0 Å². The largest absolute Gasteiger partial charge is 0.508 e. The molecule has 3 atom stereocenters. The second kappa shape index (κ2) is 9.23. The van der Waals surface area contributed by atoms with Crippen molar-refractivity contribution in [1.82, 2.24) is 0 Å². The molecule has 10 heteroatoms. The van der Waals surface area contributed by atoms with Crippen LogP contribution in [-0.2, 0) is 38.0 Å². The summed E-state index contributed by atoms with van der Waals surface area (Å²) in [7, 11) is 0. The van der Waals surface area contributed by atoms with E-state index in [4.69, 9.17) is 23.7 Å². The average Bonchev–Trinajstić information content (AvgIpc) is 3.17. The van der Waals surface area contributed by atoms with Gasteiger partial charge in [0.25, 0.3) is 0 Å². The van der Waals surface area contributed by atoms with Gasteiger partial charge in [-0.3, -0.25) is 0 Å². The van der Waals surface area contributed by atoms with Gasteiger partial charge in [0.15, 0.2) is 12.2 Å². The quantitative estimate of drug-likeness (QED) is 0.311. The maximum Gasteiger partial charge on any atom is 0.508 e. The summed E-state index contributed by atoms with van der Waals surface area (Å²) in [5.74, 6) is -0.553. The second-order valence-corrected chi connectivity index (χ2v) is 5.47. The number of esters is 1. The third-order valence-corrected chi connectivity index (χ3v) is 3.17. The van der Waals surface area contributed by atoms with E-state index in [2.05, 4.69) is 16.1 Å². The molecule has 140 valence electrons. The Kier molecular flexibility index (Phi) is 7.02. The monoisotopic (exact) mass is 360 g/mol. The predicted octanol–water partition coefficient (Wildman–Crippen LogP) is 0.578. The van der Waals surface area contributed by atoms with Gasteiger partial charge in [0, 0.05) is 5.57 Å². The number of hydrogen-bond donors (Lipinski definition) is 0. The van der Waals surface area contributed by atoms with Gasteiger partial charge in [-0.25, -0.2) is 14.4 Å². The molecule has 0 spiro atoms. The number of carbonyl (C=O) groups is 3. The van der Waals surface area contributed by atoms with Crippen molar-refractivity contribution in [2.45, 2.75) is 25.2 Å². The Labute approximate surface area is 143 Å². The lowest BCUT2D eigenvalue weighted by Crippen LogP contribution is -2.32. The fraction of sp³-hybridized carbons (Fsp3) is 0.667. The normalized spacial score (nSPS) is 23.2. The molecule has 0 aromatic carbocycles. The van der Waals surface area contributed by atoms with Crippen molar-refractivity contribution in [3.63, 3.8) is 0 Å². The molecule has 0 aliphatic carbocycles. The summed E-state index contributed by atoms with van der Waals surface area (Å²) in [6.45, 7) is 5.39. The average molecular weight is 360 g/mol. The topological polar surface area (TPSA) is 116 Å². The lowest BCUT2D eigenvalue weighted by Gasteiger charge is -2.20. The van der Waals surface area contributed by atoms with Crippen LogP contribution in [0.2, 0.25) is 0 Å². The highest BCUT2D eigenvalue weighted by molar-refractivity contribution is 5.86. The first-order chi connectivity index (χ1) is 11.9. The second-order valence-electron chi connectivity index (χ2n) is 5.47. The Bertz CT molecular complexity index is 516. The molecule has 0 aromatic rings. The maximum atomic E-state index is 11.5. The van der Waals surface area contributed by atoms with Crippen molar-refractivity contribution < 1.29 is 47.5 Å². The van der Waals surface area contributed by atoms with E-state index in [0.29, 0.717) is 0 Å². The van der Waals surface area contributed by atoms with Crippen molar-refractivity contribution in [3.8, 4) is 0 Å². The van der Waals surface area contributed by atoms with Gasteiger partial charge in [0.05, 0.1) is 19.8 Å². The highest BCUT2D eigenvalue weighted by Crippen LogP contribution is 2.10. The summed E-state index contributed by atoms with van der Waals surface area (Å²) in [5.41, 5.74) is 0.257. The number of ether oxygens (including phenoxy) is 7. The minimum absolute atomic E-state index is 0.0614. The first-order valence-electron chi connectivity index (χ1n) is 7.63. The van der Waals surface area contributed by atoms with E-state index in [-0.39, 0.29) is 45.2 Å². The van der Waals surface area contributed by atoms with Gasteiger partial charge in [-0.2, -0.15) is 0 Å². The van der Waals surface area contributed by atoms with E-state index in [9.17, 15) is 14.4 Å². The molecule has 2 aliphatic heterocycles. The SMILES string of the molecule is C=C(C)C(=O)OCC(COCC1COC(=O)O1)OCC1COC(=O)O1. The van der Waals surface area contributed by atoms with E-state index in [1.165, 1.54) is 6.92 Å². The summed E-state index contributed by atoms with van der Waals surface area (Å²) in [5, 5.41) is 0. The van der Waals surface area contributed by atoms with Gasteiger partial charge in [0.2, 0.25) is 0 Å². The summed E-state index contributed by atoms with van der Waals surface area (Å²) in [4.78, 5) is 33.2. The highest BCUT2D eigenvalue weighted by Gasteiger charge is 2.28. The van der Waals surface area contributed by atoms with Crippen LogP contribution in [0.3, 0.4) is 0 Å². The predicted molar refractivity (Wildman–Crippen MR) is 78.8 cm³/mol. The molecule has 2 saturated heterocycles. The molecule has 3 unspecified atom stereocenters. The Morgan fingerprint density at radius 1 is 1.12 bits per heavy atom. The number of hydrogen-bond acceptors (Lipinski definition) is 10. The molecule has 0 radical (unpaired) electrons. The van der Waals surface area contributed by atoms with Crippen LogP contribution < -0.4 is 0 Å². The zero-order chi connectivity index (χ0) is 18.2. The van der Waals surface area contributed by atoms with E-state index < -0.39 is 36.6 Å². The molecule has 0 N–H and O–H groups in total. The summed E-state index contributed by atoms with van der Waals surface area (Å²) in [6, 6.07) is 0. The van der Waals surface area contributed by atoms with Crippen molar-refractivity contribution >= 4 is 18.3 Å². The van der Waals surface area contributed by atoms with Gasteiger partial charge < -0.3 is 33.2 Å². The van der Waals surface area contributed by atoms with Crippen molar-refractivity contribution in [2.24, 2.45) is 0 Å². The van der Waals surface area contributed by atoms with Crippen LogP contribution in [0.15, 0.2) is 12.2 Å². The Hall–Kier alpha value is -2.33. The molecule has 0 bridgehead atoms. The summed E-state index contributed by atoms with van der Waals surface area (Å²) < 4.78 is 35.0. The van der Waals surface area contributed by atoms with Gasteiger partial charge in [0.1, 0.15) is 25.9 Å². The first kappa shape index (κ1) is 19.0. The van der Waals surface area contributed by atoms with Gasteiger partial charge in [-0.15, -0.1) is 0 Å². The summed E-state index contributed by atoms with van der Waals surface area (Å²) >= 11 is 0. The van der Waals surface area contributed by atoms with E-state index >= 15 is 0 Å². The molecule has 0 amide bonds. The first-order valence-corrected chi connectivity index (χ1v) is 7.63. The zero-order valence-corrected chi connectivity index (χ0v) is 13.8. The lowest BCUT2D eigenvalue weighted by atomic mass is 10.3. The van der Waals surface area contributed by atoms with Gasteiger partial charge in [-0.05, 0) is 6.92 Å². The minimum atomic E-state index is -0.752. The van der Waals surface area contributed by atoms with E-state index in [1.54, 1.807) is 0 Å². The lowest BCUT2D eigenvalue weighted by molar-refractivity contribution is -0.146. The van der Waals surface area contributed by atoms with Crippen molar-refractivity contribution in [3.05, 3.63) is 12.2 Å². The molecule has 2 fully saturated rings. The molecule has 2 heterocycles. The standard InChI is InChI=1S/C15H20O10/c1-9(2)13(16)21-5-10(20-6-12-8-23-15(18)25-12)3-19-4-11-7-22-14(17)24-11/h10-12H,1,3-8H2,2H3. The zero-order valence-electron chi connectivity index (χ0n) is 13.8. The van der Waals surface area contributed by atoms with Gasteiger partial charge in [-0.1, -0.05) is 6.58 Å². The van der Waals surface area contributed by atoms with Gasteiger partial charge >= 0.3 is 18.3 Å². The minimum Gasteiger partial charge on any atom is -0.459 e. The van der Waals surface area contributed by atoms with Crippen LogP contribution in [-0.4, -0.2) is 76.2 Å². The third kappa shape index (κ3) is 6.59. The van der Waals surface area contributed by atoms with E-state index in [0.717, 1.165) is 0 Å². The smallest absolute Gasteiger partial charge is 0.459 e. The maximum absolute atomic E-state index is 11.5. The Morgan fingerprint density at radius 2 is 1.72 bits per heavy atom. The van der Waals surface area contributed by atoms with Crippen LogP contribution in [0.1, 0.15) is 6.92 Å². The highest BCUT2D eigenvalue weighted by atomic mass is 16.8. The molecule has 0 aromatic heterocycles. The number of rotatable bonds is 10. The fourth-order valence-corrected chi connectivity index (χ4v) is 1.91. The number of cyclic esters (lactones) is 4. The number of carbonyl (C=O) groups excluding carboxylic acids is 3. The summed E-state index contributed by atoms with van der Waals surface area (Å²) in [6.07, 6.45) is -3.12. The molecule has 2 aliphatic rings. The molecule has 25 heavy (non-hydrogen) atoms. The van der Waals surface area contributed by atoms with Crippen LogP contribution in [0, 0.1) is 0 Å². The van der Waals surface area contributed by atoms with Crippen molar-refractivity contribution in [1.29, 1.82) is 0 Å². The molecule has 0 saturated carbocycles. The molecule has 10 nitrogen and oxygen atoms in total. The Morgan fingerprint density at radius 3 is 2.24 bits per heavy atom. The molecule has 2 rings (SSSR count).